The van der Waals surface area contributed by atoms with Crippen LogP contribution >= 0.6 is 43.6 Å². The fourth-order valence-electron chi connectivity index (χ4n) is 2.32. The second kappa shape index (κ2) is 4.74. The molecule has 1 fully saturated rings. The molecule has 0 bridgehead atoms. The van der Waals surface area contributed by atoms with Crippen molar-refractivity contribution in [2.45, 2.75) is 24.2 Å². The number of rotatable bonds is 1. The van der Waals surface area contributed by atoms with Gasteiger partial charge in [0.2, 0.25) is 0 Å². The Hall–Kier alpha value is -0.170. The van der Waals surface area contributed by atoms with Crippen LogP contribution < -0.4 is 0 Å². The highest BCUT2D eigenvalue weighted by atomic mass is 79.9. The monoisotopic (exact) mass is 389 g/mol. The van der Waals surface area contributed by atoms with E-state index in [4.69, 9.17) is 0 Å². The zero-order chi connectivity index (χ0) is 13.6. The molecule has 0 aromatic heterocycles. The highest BCUT2D eigenvalue weighted by molar-refractivity contribution is 9.10. The summed E-state index contributed by atoms with van der Waals surface area (Å²) in [4.78, 5) is 2.20. The van der Waals surface area contributed by atoms with Crippen LogP contribution in [0.2, 0.25) is 0 Å². The van der Waals surface area contributed by atoms with Crippen molar-refractivity contribution in [2.75, 3.05) is 17.6 Å². The van der Waals surface area contributed by atoms with Gasteiger partial charge in [0, 0.05) is 29.1 Å². The van der Waals surface area contributed by atoms with E-state index in [2.05, 4.69) is 48.9 Å². The first-order valence-electron chi connectivity index (χ1n) is 5.61. The molecule has 1 saturated heterocycles. The van der Waals surface area contributed by atoms with Crippen molar-refractivity contribution >= 4 is 43.6 Å². The van der Waals surface area contributed by atoms with Gasteiger partial charge in [0.1, 0.15) is 4.32 Å². The largest absolute Gasteiger partial charge is 0.358 e. The molecule has 96 valence electrons. The molecular weight excluding hydrogens is 378 g/mol. The number of nitriles is 2. The molecule has 2 unspecified atom stereocenters. The maximum Gasteiger partial charge on any atom is 0.139 e. The van der Waals surface area contributed by atoms with Gasteiger partial charge in [0.25, 0.3) is 0 Å². The van der Waals surface area contributed by atoms with Gasteiger partial charge in [-0.3, -0.25) is 0 Å². The number of allylic oxidation sites excluding steroid dienone is 1. The molecule has 2 rings (SSSR count). The molecule has 2 aliphatic rings. The minimum Gasteiger partial charge on any atom is -0.358 e. The molecule has 0 aromatic rings. The fraction of sp³-hybridized carbons (Fsp3) is 0.667. The average Bonchev–Trinajstić information content (AvgIpc) is 2.72. The van der Waals surface area contributed by atoms with Crippen molar-refractivity contribution in [3.05, 3.63) is 10.6 Å². The minimum atomic E-state index is -0.708. The van der Waals surface area contributed by atoms with Crippen molar-refractivity contribution in [2.24, 2.45) is 5.41 Å². The van der Waals surface area contributed by atoms with Gasteiger partial charge in [-0.1, -0.05) is 45.7 Å². The first-order chi connectivity index (χ1) is 8.41. The van der Waals surface area contributed by atoms with Crippen LogP contribution in [-0.4, -0.2) is 32.9 Å². The smallest absolute Gasteiger partial charge is 0.139 e. The lowest BCUT2D eigenvalue weighted by atomic mass is 9.71. The van der Waals surface area contributed by atoms with E-state index < -0.39 is 9.74 Å². The number of halogens is 2. The van der Waals surface area contributed by atoms with Crippen LogP contribution in [0.1, 0.15) is 13.8 Å². The molecule has 6 heteroatoms. The first-order valence-corrected chi connectivity index (χ1v) is 8.51. The lowest BCUT2D eigenvalue weighted by Gasteiger charge is -2.46. The molecule has 18 heavy (non-hydrogen) atoms. The van der Waals surface area contributed by atoms with Gasteiger partial charge in [-0.2, -0.15) is 10.5 Å². The molecule has 3 nitrogen and oxygen atoms in total. The topological polar surface area (TPSA) is 50.8 Å². The second-order valence-corrected chi connectivity index (χ2v) is 8.09. The lowest BCUT2D eigenvalue weighted by molar-refractivity contribution is 0.218. The van der Waals surface area contributed by atoms with Crippen molar-refractivity contribution in [3.63, 3.8) is 0 Å². The van der Waals surface area contributed by atoms with Crippen LogP contribution in [0.15, 0.2) is 10.6 Å². The van der Waals surface area contributed by atoms with Crippen molar-refractivity contribution < 1.29 is 0 Å². The number of fused-ring (bicyclic) bond motifs is 1. The third-order valence-corrected chi connectivity index (χ3v) is 7.23. The van der Waals surface area contributed by atoms with Crippen molar-refractivity contribution in [1.29, 1.82) is 10.5 Å². The SMILES string of the molecule is CC1(C)C(C#N)=C2SCC(CBr)N2CC1(Br)C#N. The van der Waals surface area contributed by atoms with Gasteiger partial charge in [-0.15, -0.1) is 11.8 Å². The van der Waals surface area contributed by atoms with E-state index in [0.29, 0.717) is 12.6 Å². The Labute approximate surface area is 128 Å². The molecule has 0 radical (unpaired) electrons. The number of thioether (sulfide) groups is 1. The van der Waals surface area contributed by atoms with Gasteiger partial charge < -0.3 is 4.90 Å². The maximum atomic E-state index is 9.50. The Morgan fingerprint density at radius 3 is 2.67 bits per heavy atom. The van der Waals surface area contributed by atoms with Crippen LogP contribution in [0.3, 0.4) is 0 Å². The summed E-state index contributed by atoms with van der Waals surface area (Å²) < 4.78 is -0.708. The molecule has 2 aliphatic heterocycles. The van der Waals surface area contributed by atoms with Gasteiger partial charge in [-0.25, -0.2) is 0 Å². The summed E-state index contributed by atoms with van der Waals surface area (Å²) in [6, 6.07) is 5.03. The van der Waals surface area contributed by atoms with Gasteiger partial charge >= 0.3 is 0 Å². The van der Waals surface area contributed by atoms with Crippen LogP contribution in [0.5, 0.6) is 0 Å². The Morgan fingerprint density at radius 2 is 2.17 bits per heavy atom. The molecule has 0 aliphatic carbocycles. The number of hydrogen-bond donors (Lipinski definition) is 0. The van der Waals surface area contributed by atoms with E-state index >= 15 is 0 Å². The van der Waals surface area contributed by atoms with Gasteiger partial charge in [0.15, 0.2) is 0 Å². The summed E-state index contributed by atoms with van der Waals surface area (Å²) >= 11 is 8.82. The molecule has 0 spiro atoms. The van der Waals surface area contributed by atoms with Crippen molar-refractivity contribution in [1.82, 2.24) is 4.90 Å². The second-order valence-electron chi connectivity index (χ2n) is 5.08. The average molecular weight is 391 g/mol. The van der Waals surface area contributed by atoms with Crippen LogP contribution in [0, 0.1) is 28.1 Å². The third kappa shape index (κ3) is 1.81. The summed E-state index contributed by atoms with van der Waals surface area (Å²) in [6.45, 7) is 4.56. The van der Waals surface area contributed by atoms with Crippen molar-refractivity contribution in [3.8, 4) is 12.1 Å². The number of nitrogens with zero attached hydrogens (tertiary/aromatic N) is 3. The summed E-state index contributed by atoms with van der Waals surface area (Å²) in [5, 5.41) is 20.9. The quantitative estimate of drug-likeness (QED) is 0.645. The normalized spacial score (nSPS) is 33.9. The molecule has 0 N–H and O–H groups in total. The molecule has 2 heterocycles. The summed E-state index contributed by atoms with van der Waals surface area (Å²) in [5.74, 6) is 0.969. The molecule has 2 atom stereocenters. The van der Waals surface area contributed by atoms with E-state index in [9.17, 15) is 10.5 Å². The Bertz CT molecular complexity index is 489. The van der Waals surface area contributed by atoms with E-state index in [1.54, 1.807) is 11.8 Å². The van der Waals surface area contributed by atoms with Crippen LogP contribution in [0.4, 0.5) is 0 Å². The van der Waals surface area contributed by atoms with Crippen LogP contribution in [-0.2, 0) is 0 Å². The van der Waals surface area contributed by atoms with E-state index in [-0.39, 0.29) is 0 Å². The summed E-state index contributed by atoms with van der Waals surface area (Å²) in [7, 11) is 0. The van der Waals surface area contributed by atoms with Gasteiger partial charge in [-0.05, 0) is 0 Å². The summed E-state index contributed by atoms with van der Waals surface area (Å²) in [5.41, 5.74) is 0.247. The Morgan fingerprint density at radius 1 is 1.50 bits per heavy atom. The fourth-order valence-corrected chi connectivity index (χ4v) is 5.14. The Balaban J connectivity index is 2.58. The first kappa shape index (κ1) is 14.2. The predicted molar refractivity (Wildman–Crippen MR) is 80.4 cm³/mol. The standard InChI is InChI=1S/C12H13Br2N3S/c1-11(2)9(4-15)10-17(7-12(11,14)6-16)8(3-13)5-18-10/h8H,3,5,7H2,1-2H3. The minimum absolute atomic E-state index is 0.356. The molecule has 0 amide bonds. The highest BCUT2D eigenvalue weighted by Crippen LogP contribution is 2.54. The highest BCUT2D eigenvalue weighted by Gasteiger charge is 2.54. The zero-order valence-corrected chi connectivity index (χ0v) is 14.2. The van der Waals surface area contributed by atoms with E-state index in [1.807, 2.05) is 13.8 Å². The molecule has 0 aromatic carbocycles. The Kier molecular flexibility index (Phi) is 3.75. The van der Waals surface area contributed by atoms with Crippen LogP contribution in [0.25, 0.3) is 0 Å². The van der Waals surface area contributed by atoms with E-state index in [0.717, 1.165) is 21.7 Å². The molecule has 0 saturated carbocycles. The number of alkyl halides is 2. The third-order valence-electron chi connectivity index (χ3n) is 3.80. The predicted octanol–water partition coefficient (Wildman–Crippen LogP) is 3.23. The van der Waals surface area contributed by atoms with Gasteiger partial charge in [0.05, 0.1) is 22.7 Å². The molecular formula is C12H13Br2N3S. The zero-order valence-electron chi connectivity index (χ0n) is 10.2. The maximum absolute atomic E-state index is 9.50. The number of hydrogen-bond acceptors (Lipinski definition) is 4. The lowest BCUT2D eigenvalue weighted by Crippen LogP contribution is -2.54. The van der Waals surface area contributed by atoms with E-state index in [1.165, 1.54) is 0 Å². The summed E-state index contributed by atoms with van der Waals surface area (Å²) in [6.07, 6.45) is 0.